The van der Waals surface area contributed by atoms with Gasteiger partial charge in [-0.1, -0.05) is 11.3 Å². The lowest BCUT2D eigenvalue weighted by Crippen LogP contribution is -2.41. The fourth-order valence-corrected chi connectivity index (χ4v) is 3.28. The van der Waals surface area contributed by atoms with Crippen LogP contribution in [0.5, 0.6) is 0 Å². The molecule has 1 aromatic rings. The number of nitrogens with zero attached hydrogens (tertiary/aromatic N) is 1. The van der Waals surface area contributed by atoms with Crippen molar-refractivity contribution in [3.8, 4) is 0 Å². The summed E-state index contributed by atoms with van der Waals surface area (Å²) in [6.07, 6.45) is 4.59. The largest absolute Gasteiger partial charge is 0.350 e. The van der Waals surface area contributed by atoms with Crippen molar-refractivity contribution < 1.29 is 4.79 Å². The van der Waals surface area contributed by atoms with Crippen LogP contribution in [-0.4, -0.2) is 34.9 Å². The topological polar surface area (TPSA) is 65.2 Å². The van der Waals surface area contributed by atoms with Crippen LogP contribution in [0.4, 0.5) is 0 Å². The first kappa shape index (κ1) is 12.9. The van der Waals surface area contributed by atoms with Gasteiger partial charge in [-0.25, -0.2) is 0 Å². The summed E-state index contributed by atoms with van der Waals surface area (Å²) in [7, 11) is 0. The molecule has 2 heterocycles. The zero-order valence-corrected chi connectivity index (χ0v) is 11.7. The highest BCUT2D eigenvalue weighted by molar-refractivity contribution is 7.07. The second-order valence-corrected chi connectivity index (χ2v) is 6.27. The van der Waals surface area contributed by atoms with Gasteiger partial charge < -0.3 is 15.2 Å². The summed E-state index contributed by atoms with van der Waals surface area (Å²) in [5.74, 6) is 0.267. The first-order valence-corrected chi connectivity index (χ1v) is 7.79. The van der Waals surface area contributed by atoms with Crippen molar-refractivity contribution in [2.45, 2.75) is 38.3 Å². The van der Waals surface area contributed by atoms with E-state index in [1.807, 2.05) is 0 Å². The van der Waals surface area contributed by atoms with E-state index in [2.05, 4.69) is 15.2 Å². The minimum Gasteiger partial charge on any atom is -0.350 e. The van der Waals surface area contributed by atoms with E-state index in [4.69, 9.17) is 0 Å². The monoisotopic (exact) mass is 281 g/mol. The maximum atomic E-state index is 12.1. The van der Waals surface area contributed by atoms with Gasteiger partial charge in [-0.3, -0.25) is 9.59 Å². The van der Waals surface area contributed by atoms with Gasteiger partial charge in [0.2, 0.25) is 5.91 Å². The first-order valence-electron chi connectivity index (χ1n) is 6.91. The van der Waals surface area contributed by atoms with Crippen molar-refractivity contribution in [2.24, 2.45) is 5.92 Å². The molecule has 2 aliphatic rings. The van der Waals surface area contributed by atoms with Crippen LogP contribution in [-0.2, 0) is 11.3 Å². The third-order valence-electron chi connectivity index (χ3n) is 3.99. The maximum absolute atomic E-state index is 12.1. The minimum absolute atomic E-state index is 0.0676. The normalized spacial score (nSPS) is 21.5. The number of nitrogens with one attached hydrogen (secondary N) is 2. The van der Waals surface area contributed by atoms with Gasteiger partial charge in [-0.2, -0.15) is 0 Å². The Morgan fingerprint density at radius 1 is 1.37 bits per heavy atom. The average molecular weight is 281 g/mol. The van der Waals surface area contributed by atoms with Crippen molar-refractivity contribution in [2.75, 3.05) is 13.1 Å². The van der Waals surface area contributed by atoms with Gasteiger partial charge in [-0.15, -0.1) is 0 Å². The standard InChI is InChI=1S/C13H19N3O2S/c17-12(14-7-10-8-19-13(18)15-10)9-3-5-16(6-4-9)11-1-2-11/h8-9,11H,1-7H2,(H,14,17)(H,15,18). The van der Waals surface area contributed by atoms with E-state index >= 15 is 0 Å². The van der Waals surface area contributed by atoms with Crippen LogP contribution in [0.1, 0.15) is 31.4 Å². The van der Waals surface area contributed by atoms with Crippen LogP contribution in [0, 0.1) is 5.92 Å². The van der Waals surface area contributed by atoms with E-state index in [1.165, 1.54) is 12.8 Å². The Morgan fingerprint density at radius 2 is 2.11 bits per heavy atom. The molecule has 0 spiro atoms. The van der Waals surface area contributed by atoms with E-state index in [9.17, 15) is 9.59 Å². The van der Waals surface area contributed by atoms with Crippen molar-refractivity contribution in [1.82, 2.24) is 15.2 Å². The van der Waals surface area contributed by atoms with Gasteiger partial charge in [0, 0.05) is 23.0 Å². The van der Waals surface area contributed by atoms with Gasteiger partial charge in [0.15, 0.2) is 0 Å². The molecular formula is C13H19N3O2S. The molecule has 19 heavy (non-hydrogen) atoms. The molecule has 1 saturated carbocycles. The SMILES string of the molecule is O=C(NCc1csc(=O)[nH]1)C1CCN(C2CC2)CC1. The number of hydrogen-bond acceptors (Lipinski definition) is 4. The Bertz CT molecular complexity index is 498. The molecule has 1 amide bonds. The Labute approximate surface area is 116 Å². The fraction of sp³-hybridized carbons (Fsp3) is 0.692. The lowest BCUT2D eigenvalue weighted by Gasteiger charge is -2.31. The molecular weight excluding hydrogens is 262 g/mol. The molecule has 1 aromatic heterocycles. The fourth-order valence-electron chi connectivity index (χ4n) is 2.69. The molecule has 0 radical (unpaired) electrons. The summed E-state index contributed by atoms with van der Waals surface area (Å²) in [6, 6.07) is 0.805. The number of carbonyl (C=O) groups excluding carboxylic acids is 1. The van der Waals surface area contributed by atoms with E-state index in [0.717, 1.165) is 49.0 Å². The number of carbonyl (C=O) groups is 1. The van der Waals surface area contributed by atoms with Crippen molar-refractivity contribution in [1.29, 1.82) is 0 Å². The first-order chi connectivity index (χ1) is 9.22. The Hall–Kier alpha value is -1.14. The van der Waals surface area contributed by atoms with E-state index in [0.29, 0.717) is 6.54 Å². The zero-order chi connectivity index (χ0) is 13.2. The van der Waals surface area contributed by atoms with E-state index in [-0.39, 0.29) is 16.7 Å². The zero-order valence-electron chi connectivity index (χ0n) is 10.9. The highest BCUT2D eigenvalue weighted by Crippen LogP contribution is 2.30. The molecule has 6 heteroatoms. The second-order valence-electron chi connectivity index (χ2n) is 5.43. The van der Waals surface area contributed by atoms with Gasteiger partial charge >= 0.3 is 4.87 Å². The number of rotatable bonds is 4. The predicted molar refractivity (Wildman–Crippen MR) is 74.1 cm³/mol. The third-order valence-corrected chi connectivity index (χ3v) is 4.71. The number of thiazole rings is 1. The van der Waals surface area contributed by atoms with Crippen molar-refractivity contribution in [3.63, 3.8) is 0 Å². The number of amides is 1. The average Bonchev–Trinajstić information content (AvgIpc) is 3.19. The summed E-state index contributed by atoms with van der Waals surface area (Å²) in [5, 5.41) is 4.68. The number of hydrogen-bond donors (Lipinski definition) is 2. The Morgan fingerprint density at radius 3 is 2.68 bits per heavy atom. The van der Waals surface area contributed by atoms with Crippen LogP contribution in [0.25, 0.3) is 0 Å². The molecule has 0 atom stereocenters. The number of aromatic amines is 1. The van der Waals surface area contributed by atoms with Gasteiger partial charge in [-0.05, 0) is 38.8 Å². The second kappa shape index (κ2) is 5.46. The van der Waals surface area contributed by atoms with Crippen LogP contribution >= 0.6 is 11.3 Å². The lowest BCUT2D eigenvalue weighted by atomic mass is 9.96. The van der Waals surface area contributed by atoms with E-state index < -0.39 is 0 Å². The molecule has 0 bridgehead atoms. The summed E-state index contributed by atoms with van der Waals surface area (Å²) in [5.41, 5.74) is 0.791. The summed E-state index contributed by atoms with van der Waals surface area (Å²) in [4.78, 5) is 28.2. The van der Waals surface area contributed by atoms with Gasteiger partial charge in [0.05, 0.1) is 6.54 Å². The minimum atomic E-state index is -0.0676. The number of piperidine rings is 1. The Balaban J connectivity index is 1.44. The number of likely N-dealkylation sites (tertiary alicyclic amines) is 1. The van der Waals surface area contributed by atoms with Crippen LogP contribution < -0.4 is 10.2 Å². The molecule has 0 aromatic carbocycles. The number of aromatic nitrogens is 1. The molecule has 1 aliphatic heterocycles. The highest BCUT2D eigenvalue weighted by atomic mass is 32.1. The summed E-state index contributed by atoms with van der Waals surface area (Å²) < 4.78 is 0. The lowest BCUT2D eigenvalue weighted by molar-refractivity contribution is -0.126. The van der Waals surface area contributed by atoms with Crippen LogP contribution in [0.15, 0.2) is 10.2 Å². The summed E-state index contributed by atoms with van der Waals surface area (Å²) in [6.45, 7) is 2.54. The van der Waals surface area contributed by atoms with E-state index in [1.54, 1.807) is 5.38 Å². The van der Waals surface area contributed by atoms with Crippen LogP contribution in [0.2, 0.25) is 0 Å². The smallest absolute Gasteiger partial charge is 0.304 e. The third kappa shape index (κ3) is 3.25. The highest BCUT2D eigenvalue weighted by Gasteiger charge is 2.33. The molecule has 2 fully saturated rings. The van der Waals surface area contributed by atoms with Crippen molar-refractivity contribution in [3.05, 3.63) is 20.7 Å². The molecule has 5 nitrogen and oxygen atoms in total. The maximum Gasteiger partial charge on any atom is 0.304 e. The molecule has 3 rings (SSSR count). The molecule has 1 saturated heterocycles. The molecule has 0 unspecified atom stereocenters. The number of H-pyrrole nitrogens is 1. The predicted octanol–water partition coefficient (Wildman–Crippen LogP) is 0.927. The van der Waals surface area contributed by atoms with Crippen molar-refractivity contribution >= 4 is 17.2 Å². The molecule has 2 N–H and O–H groups in total. The van der Waals surface area contributed by atoms with Crippen LogP contribution in [0.3, 0.4) is 0 Å². The quantitative estimate of drug-likeness (QED) is 0.863. The summed E-state index contributed by atoms with van der Waals surface area (Å²) >= 11 is 1.13. The molecule has 1 aliphatic carbocycles. The van der Waals surface area contributed by atoms with Gasteiger partial charge in [0.1, 0.15) is 0 Å². The van der Waals surface area contributed by atoms with Gasteiger partial charge in [0.25, 0.3) is 0 Å². The Kier molecular flexibility index (Phi) is 3.70. The molecule has 104 valence electrons.